The highest BCUT2D eigenvalue weighted by Gasteiger charge is 2.26. The van der Waals surface area contributed by atoms with E-state index in [-0.39, 0.29) is 6.10 Å². The van der Waals surface area contributed by atoms with Crippen LogP contribution in [0.3, 0.4) is 0 Å². The Balaban J connectivity index is 2.24. The van der Waals surface area contributed by atoms with E-state index in [0.29, 0.717) is 18.8 Å². The molecule has 0 unspecified atom stereocenters. The number of aliphatic hydroxyl groups is 1. The summed E-state index contributed by atoms with van der Waals surface area (Å²) in [5.74, 6) is 0.761. The molecule has 0 spiro atoms. The molecular weight excluding hydrogens is 180 g/mol. The summed E-state index contributed by atoms with van der Waals surface area (Å²) >= 11 is 0. The normalized spacial score (nSPS) is 16.6. The van der Waals surface area contributed by atoms with Crippen molar-refractivity contribution >= 4 is 11.4 Å². The fraction of sp³-hybridized carbons (Fsp3) is 0.400. The summed E-state index contributed by atoms with van der Waals surface area (Å²) in [5, 5.41) is 9.19. The number of ether oxygens (including phenoxy) is 1. The lowest BCUT2D eigenvalue weighted by molar-refractivity contribution is 0.141. The third kappa shape index (κ3) is 1.48. The number of hydrogen-bond acceptors (Lipinski definition) is 4. The van der Waals surface area contributed by atoms with Crippen LogP contribution in [0.1, 0.15) is 0 Å². The Kier molecular flexibility index (Phi) is 2.21. The van der Waals surface area contributed by atoms with E-state index >= 15 is 0 Å². The predicted molar refractivity (Wildman–Crippen MR) is 55.6 cm³/mol. The highest BCUT2D eigenvalue weighted by atomic mass is 16.5. The molecule has 2 rings (SSSR count). The van der Waals surface area contributed by atoms with Crippen LogP contribution in [0.5, 0.6) is 5.75 Å². The van der Waals surface area contributed by atoms with E-state index in [9.17, 15) is 5.11 Å². The van der Waals surface area contributed by atoms with E-state index in [1.54, 1.807) is 13.2 Å². The molecule has 0 atom stereocenters. The molecule has 0 aliphatic carbocycles. The number of β-amino-alcohol motifs (C(OH)–C–C–N with tert-alkyl or cyclic N) is 1. The lowest BCUT2D eigenvalue weighted by atomic mass is 10.1. The standard InChI is InChI=1S/C10H14N2O2/c1-14-10-4-7(11)2-3-9(10)12-5-8(13)6-12/h2-4,8,13H,5-6,11H2,1H3. The van der Waals surface area contributed by atoms with Crippen LogP contribution in [0.15, 0.2) is 18.2 Å². The SMILES string of the molecule is COc1cc(N)ccc1N1CC(O)C1. The maximum atomic E-state index is 9.19. The van der Waals surface area contributed by atoms with Gasteiger partial charge in [-0.25, -0.2) is 0 Å². The number of nitrogens with zero attached hydrogens (tertiary/aromatic N) is 1. The van der Waals surface area contributed by atoms with Crippen molar-refractivity contribution in [1.29, 1.82) is 0 Å². The Hall–Kier alpha value is -1.42. The average Bonchev–Trinajstić information content (AvgIpc) is 2.13. The second kappa shape index (κ2) is 3.38. The average molecular weight is 194 g/mol. The summed E-state index contributed by atoms with van der Waals surface area (Å²) < 4.78 is 5.21. The molecular formula is C10H14N2O2. The van der Waals surface area contributed by atoms with Gasteiger partial charge in [-0.1, -0.05) is 0 Å². The Bertz CT molecular complexity index is 335. The van der Waals surface area contributed by atoms with Crippen LogP contribution in [0, 0.1) is 0 Å². The molecule has 0 aromatic heterocycles. The maximum Gasteiger partial charge on any atom is 0.144 e. The fourth-order valence-corrected chi connectivity index (χ4v) is 1.61. The van der Waals surface area contributed by atoms with E-state index in [4.69, 9.17) is 10.5 Å². The molecule has 1 aromatic rings. The summed E-state index contributed by atoms with van der Waals surface area (Å²) in [6.07, 6.45) is -0.211. The topological polar surface area (TPSA) is 58.7 Å². The zero-order valence-electron chi connectivity index (χ0n) is 8.10. The van der Waals surface area contributed by atoms with E-state index in [1.165, 1.54) is 0 Å². The van der Waals surface area contributed by atoms with Gasteiger partial charge >= 0.3 is 0 Å². The van der Waals surface area contributed by atoms with Gasteiger partial charge in [-0.15, -0.1) is 0 Å². The third-order valence-electron chi connectivity index (χ3n) is 2.41. The first-order valence-electron chi connectivity index (χ1n) is 4.57. The van der Waals surface area contributed by atoms with Crippen LogP contribution in [0.4, 0.5) is 11.4 Å². The molecule has 1 aliphatic heterocycles. The molecule has 0 radical (unpaired) electrons. The number of anilines is 2. The molecule has 1 aliphatic rings. The van der Waals surface area contributed by atoms with Gasteiger partial charge in [-0.2, -0.15) is 0 Å². The number of aliphatic hydroxyl groups excluding tert-OH is 1. The van der Waals surface area contributed by atoms with Crippen LogP contribution in [-0.4, -0.2) is 31.4 Å². The highest BCUT2D eigenvalue weighted by Crippen LogP contribution is 2.32. The van der Waals surface area contributed by atoms with Crippen molar-refractivity contribution in [3.8, 4) is 5.75 Å². The summed E-state index contributed by atoms with van der Waals surface area (Å²) in [4.78, 5) is 2.06. The molecule has 0 bridgehead atoms. The molecule has 4 heteroatoms. The fourth-order valence-electron chi connectivity index (χ4n) is 1.61. The zero-order chi connectivity index (χ0) is 10.1. The van der Waals surface area contributed by atoms with Gasteiger partial charge in [0.2, 0.25) is 0 Å². The molecule has 0 amide bonds. The zero-order valence-corrected chi connectivity index (χ0v) is 8.10. The molecule has 76 valence electrons. The van der Waals surface area contributed by atoms with E-state index < -0.39 is 0 Å². The lowest BCUT2D eigenvalue weighted by Gasteiger charge is -2.38. The van der Waals surface area contributed by atoms with E-state index in [1.807, 2.05) is 12.1 Å². The molecule has 0 saturated carbocycles. The van der Waals surface area contributed by atoms with Gasteiger partial charge in [0.1, 0.15) is 5.75 Å². The van der Waals surface area contributed by atoms with Crippen LogP contribution in [0.25, 0.3) is 0 Å². The molecule has 3 N–H and O–H groups in total. The number of rotatable bonds is 2. The van der Waals surface area contributed by atoms with Gasteiger partial charge in [0.15, 0.2) is 0 Å². The second-order valence-electron chi connectivity index (χ2n) is 3.49. The van der Waals surface area contributed by atoms with Crippen LogP contribution < -0.4 is 15.4 Å². The number of nitrogens with two attached hydrogens (primary N) is 1. The summed E-state index contributed by atoms with van der Waals surface area (Å²) in [5.41, 5.74) is 7.32. The minimum Gasteiger partial charge on any atom is -0.495 e. The summed E-state index contributed by atoms with van der Waals surface area (Å²) in [6.45, 7) is 1.33. The number of methoxy groups -OCH3 is 1. The number of nitrogen functional groups attached to an aromatic ring is 1. The van der Waals surface area contributed by atoms with E-state index in [0.717, 1.165) is 11.4 Å². The van der Waals surface area contributed by atoms with Crippen LogP contribution in [-0.2, 0) is 0 Å². The summed E-state index contributed by atoms with van der Waals surface area (Å²) in [7, 11) is 1.62. The monoisotopic (exact) mass is 194 g/mol. The van der Waals surface area contributed by atoms with Gasteiger partial charge in [0.25, 0.3) is 0 Å². The van der Waals surface area contributed by atoms with Crippen LogP contribution in [0.2, 0.25) is 0 Å². The second-order valence-corrected chi connectivity index (χ2v) is 3.49. The molecule has 14 heavy (non-hydrogen) atoms. The minimum absolute atomic E-state index is 0.211. The van der Waals surface area contributed by atoms with E-state index in [2.05, 4.69) is 4.90 Å². The molecule has 4 nitrogen and oxygen atoms in total. The van der Waals surface area contributed by atoms with Crippen molar-refractivity contribution in [3.63, 3.8) is 0 Å². The largest absolute Gasteiger partial charge is 0.495 e. The first kappa shape index (κ1) is 9.15. The molecule has 1 saturated heterocycles. The first-order valence-corrected chi connectivity index (χ1v) is 4.57. The Morgan fingerprint density at radius 3 is 2.79 bits per heavy atom. The van der Waals surface area contributed by atoms with Crippen molar-refractivity contribution in [1.82, 2.24) is 0 Å². The van der Waals surface area contributed by atoms with Gasteiger partial charge in [0, 0.05) is 24.8 Å². The number of benzene rings is 1. The van der Waals surface area contributed by atoms with Crippen LogP contribution >= 0.6 is 0 Å². The van der Waals surface area contributed by atoms with Gasteiger partial charge < -0.3 is 20.5 Å². The lowest BCUT2D eigenvalue weighted by Crippen LogP contribution is -2.50. The minimum atomic E-state index is -0.211. The smallest absolute Gasteiger partial charge is 0.144 e. The summed E-state index contributed by atoms with van der Waals surface area (Å²) in [6, 6.07) is 5.54. The highest BCUT2D eigenvalue weighted by molar-refractivity contribution is 5.65. The predicted octanol–water partition coefficient (Wildman–Crippen LogP) is 0.458. The van der Waals surface area contributed by atoms with Gasteiger partial charge in [-0.3, -0.25) is 0 Å². The Morgan fingerprint density at radius 1 is 1.50 bits per heavy atom. The van der Waals surface area contributed by atoms with Crippen molar-refractivity contribution in [2.75, 3.05) is 30.8 Å². The van der Waals surface area contributed by atoms with Crippen molar-refractivity contribution in [2.24, 2.45) is 0 Å². The quantitative estimate of drug-likeness (QED) is 0.671. The van der Waals surface area contributed by atoms with Crippen molar-refractivity contribution in [2.45, 2.75) is 6.10 Å². The Morgan fingerprint density at radius 2 is 2.21 bits per heavy atom. The third-order valence-corrected chi connectivity index (χ3v) is 2.41. The number of hydrogen-bond donors (Lipinski definition) is 2. The first-order chi connectivity index (χ1) is 6.70. The van der Waals surface area contributed by atoms with Gasteiger partial charge in [0.05, 0.1) is 18.9 Å². The molecule has 1 fully saturated rings. The molecule has 1 heterocycles. The molecule has 1 aromatic carbocycles. The Labute approximate surface area is 82.9 Å². The van der Waals surface area contributed by atoms with Crippen molar-refractivity contribution in [3.05, 3.63) is 18.2 Å². The van der Waals surface area contributed by atoms with Gasteiger partial charge in [-0.05, 0) is 12.1 Å². The maximum absolute atomic E-state index is 9.19. The van der Waals surface area contributed by atoms with Crippen molar-refractivity contribution < 1.29 is 9.84 Å².